The number of benzene rings is 1. The zero-order chi connectivity index (χ0) is 21.0. The van der Waals surface area contributed by atoms with Crippen molar-refractivity contribution in [2.75, 3.05) is 13.1 Å². The van der Waals surface area contributed by atoms with Crippen molar-refractivity contribution < 1.29 is 14.4 Å². The lowest BCUT2D eigenvalue weighted by molar-refractivity contribution is -0.139. The third-order valence-corrected chi connectivity index (χ3v) is 6.68. The molecule has 1 aromatic heterocycles. The average molecular weight is 478 g/mol. The van der Waals surface area contributed by atoms with Gasteiger partial charge in [-0.15, -0.1) is 11.3 Å². The molecule has 154 valence electrons. The third kappa shape index (κ3) is 4.38. The minimum absolute atomic E-state index is 0.249. The van der Waals surface area contributed by atoms with Gasteiger partial charge in [-0.05, 0) is 47.0 Å². The Kier molecular flexibility index (Phi) is 6.74. The Morgan fingerprint density at radius 2 is 1.90 bits per heavy atom. The lowest BCUT2D eigenvalue weighted by atomic mass is 9.85. The normalized spacial score (nSPS) is 18.8. The first-order valence-corrected chi connectivity index (χ1v) is 11.2. The number of imide groups is 1. The summed E-state index contributed by atoms with van der Waals surface area (Å²) in [6, 6.07) is 12.6. The van der Waals surface area contributed by atoms with Crippen molar-refractivity contribution >= 4 is 45.1 Å². The predicted octanol–water partition coefficient (Wildman–Crippen LogP) is 4.11. The van der Waals surface area contributed by atoms with Gasteiger partial charge in [0.05, 0.1) is 10.3 Å². The topological polar surface area (TPSA) is 69.7 Å². The highest BCUT2D eigenvalue weighted by atomic mass is 79.9. The van der Waals surface area contributed by atoms with Gasteiger partial charge in [0.25, 0.3) is 5.91 Å². The number of nitrogens with zero attached hydrogens (tertiary/aromatic N) is 2. The van der Waals surface area contributed by atoms with Crippen LogP contribution < -0.4 is 5.32 Å². The molecular formula is C21H24BrN3O3S. The SMILES string of the molecule is CCCC1(c2ccccc2)NC(=O)N(CC(=O)N(CC)Cc2ccc(Br)s2)C1=O. The quantitative estimate of drug-likeness (QED) is 0.581. The van der Waals surface area contributed by atoms with E-state index in [1.54, 1.807) is 16.2 Å². The van der Waals surface area contributed by atoms with E-state index >= 15 is 0 Å². The van der Waals surface area contributed by atoms with E-state index in [1.165, 1.54) is 0 Å². The van der Waals surface area contributed by atoms with E-state index in [1.807, 2.05) is 56.3 Å². The molecule has 0 aliphatic carbocycles. The monoisotopic (exact) mass is 477 g/mol. The molecule has 0 radical (unpaired) electrons. The van der Waals surface area contributed by atoms with Crippen LogP contribution in [0.2, 0.25) is 0 Å². The Bertz CT molecular complexity index is 902. The lowest BCUT2D eigenvalue weighted by Crippen LogP contribution is -2.45. The van der Waals surface area contributed by atoms with Crippen molar-refractivity contribution in [2.24, 2.45) is 0 Å². The molecule has 8 heteroatoms. The molecule has 1 N–H and O–H groups in total. The van der Waals surface area contributed by atoms with Gasteiger partial charge in [0.15, 0.2) is 0 Å². The van der Waals surface area contributed by atoms with Gasteiger partial charge < -0.3 is 10.2 Å². The van der Waals surface area contributed by atoms with Crippen LogP contribution in [0, 0.1) is 0 Å². The van der Waals surface area contributed by atoms with E-state index < -0.39 is 11.6 Å². The van der Waals surface area contributed by atoms with Crippen molar-refractivity contribution in [3.8, 4) is 0 Å². The van der Waals surface area contributed by atoms with Crippen LogP contribution in [0.1, 0.15) is 37.1 Å². The van der Waals surface area contributed by atoms with E-state index in [4.69, 9.17) is 0 Å². The largest absolute Gasteiger partial charge is 0.336 e. The highest BCUT2D eigenvalue weighted by Crippen LogP contribution is 2.33. The second-order valence-electron chi connectivity index (χ2n) is 6.96. The molecule has 4 amide bonds. The highest BCUT2D eigenvalue weighted by Gasteiger charge is 2.52. The number of carbonyl (C=O) groups is 3. The maximum Gasteiger partial charge on any atom is 0.325 e. The smallest absolute Gasteiger partial charge is 0.325 e. The van der Waals surface area contributed by atoms with Crippen LogP contribution >= 0.6 is 27.3 Å². The lowest BCUT2D eigenvalue weighted by Gasteiger charge is -2.27. The fourth-order valence-corrected chi connectivity index (χ4v) is 5.11. The van der Waals surface area contributed by atoms with Gasteiger partial charge in [0, 0.05) is 11.4 Å². The number of carbonyl (C=O) groups excluding carboxylic acids is 3. The van der Waals surface area contributed by atoms with Crippen LogP contribution in [0.4, 0.5) is 4.79 Å². The number of hydrogen-bond donors (Lipinski definition) is 1. The summed E-state index contributed by atoms with van der Waals surface area (Å²) in [6.45, 7) is 4.54. The highest BCUT2D eigenvalue weighted by molar-refractivity contribution is 9.11. The van der Waals surface area contributed by atoms with Crippen LogP contribution in [-0.4, -0.2) is 40.7 Å². The van der Waals surface area contributed by atoms with Gasteiger partial charge in [-0.3, -0.25) is 14.5 Å². The van der Waals surface area contributed by atoms with Crippen LogP contribution in [0.15, 0.2) is 46.3 Å². The van der Waals surface area contributed by atoms with Gasteiger partial charge >= 0.3 is 6.03 Å². The zero-order valence-corrected chi connectivity index (χ0v) is 18.9. The number of nitrogens with one attached hydrogen (secondary N) is 1. The summed E-state index contributed by atoms with van der Waals surface area (Å²) in [5.41, 5.74) is -0.366. The van der Waals surface area contributed by atoms with Crippen molar-refractivity contribution in [1.29, 1.82) is 0 Å². The molecule has 0 saturated carbocycles. The number of amides is 4. The Morgan fingerprint density at radius 3 is 2.48 bits per heavy atom. The summed E-state index contributed by atoms with van der Waals surface area (Å²) in [4.78, 5) is 42.6. The summed E-state index contributed by atoms with van der Waals surface area (Å²) in [5.74, 6) is -0.611. The van der Waals surface area contributed by atoms with E-state index in [0.717, 1.165) is 25.5 Å². The van der Waals surface area contributed by atoms with Gasteiger partial charge in [-0.2, -0.15) is 0 Å². The van der Waals surface area contributed by atoms with Crippen LogP contribution in [0.5, 0.6) is 0 Å². The van der Waals surface area contributed by atoms with Crippen molar-refractivity contribution in [2.45, 2.75) is 38.8 Å². The fourth-order valence-electron chi connectivity index (χ4n) is 3.61. The minimum Gasteiger partial charge on any atom is -0.336 e. The molecule has 1 atom stereocenters. The number of likely N-dealkylation sites (N-methyl/N-ethyl adjacent to an activating group) is 1. The summed E-state index contributed by atoms with van der Waals surface area (Å²) in [5, 5.41) is 2.86. The Balaban J connectivity index is 1.79. The third-order valence-electron chi connectivity index (χ3n) is 5.07. The molecule has 1 saturated heterocycles. The number of hydrogen-bond acceptors (Lipinski definition) is 4. The standard InChI is InChI=1S/C21H24BrN3O3S/c1-3-12-21(15-8-6-5-7-9-15)19(27)25(20(28)23-21)14-18(26)24(4-2)13-16-10-11-17(22)29-16/h5-11H,3-4,12-14H2,1-2H3,(H,23,28). The van der Waals surface area contributed by atoms with Gasteiger partial charge in [-0.1, -0.05) is 43.7 Å². The number of rotatable bonds is 8. The first-order chi connectivity index (χ1) is 13.9. The second-order valence-corrected chi connectivity index (χ2v) is 9.50. The molecule has 29 heavy (non-hydrogen) atoms. The molecule has 0 spiro atoms. The van der Waals surface area contributed by atoms with E-state index in [0.29, 0.717) is 19.5 Å². The first-order valence-electron chi connectivity index (χ1n) is 9.63. The Morgan fingerprint density at radius 1 is 1.17 bits per heavy atom. The summed E-state index contributed by atoms with van der Waals surface area (Å²) >= 11 is 4.99. The maximum atomic E-state index is 13.3. The van der Waals surface area contributed by atoms with Crippen LogP contribution in [-0.2, 0) is 21.7 Å². The van der Waals surface area contributed by atoms with Crippen molar-refractivity contribution in [3.63, 3.8) is 0 Å². The maximum absolute atomic E-state index is 13.3. The fraction of sp³-hybridized carbons (Fsp3) is 0.381. The summed E-state index contributed by atoms with van der Waals surface area (Å²) in [6.07, 6.45) is 1.20. The van der Waals surface area contributed by atoms with Gasteiger partial charge in [0.2, 0.25) is 5.91 Å². The molecule has 1 aliphatic rings. The van der Waals surface area contributed by atoms with E-state index in [-0.39, 0.29) is 18.4 Å². The molecule has 1 aliphatic heterocycles. The van der Waals surface area contributed by atoms with Crippen molar-refractivity contribution in [3.05, 3.63) is 56.7 Å². The Labute approximate surface area is 183 Å². The predicted molar refractivity (Wildman–Crippen MR) is 116 cm³/mol. The number of halogens is 1. The molecule has 1 aromatic carbocycles. The molecule has 1 fully saturated rings. The van der Waals surface area contributed by atoms with Crippen LogP contribution in [0.3, 0.4) is 0 Å². The number of urea groups is 1. The minimum atomic E-state index is -1.11. The molecule has 2 aromatic rings. The summed E-state index contributed by atoms with van der Waals surface area (Å²) < 4.78 is 0.998. The molecule has 3 rings (SSSR count). The molecule has 1 unspecified atom stereocenters. The molecular weight excluding hydrogens is 454 g/mol. The van der Waals surface area contributed by atoms with E-state index in [2.05, 4.69) is 21.2 Å². The molecule has 2 heterocycles. The van der Waals surface area contributed by atoms with Gasteiger partial charge in [0.1, 0.15) is 12.1 Å². The average Bonchev–Trinajstić information content (AvgIpc) is 3.23. The second kappa shape index (κ2) is 9.09. The molecule has 0 bridgehead atoms. The van der Waals surface area contributed by atoms with Crippen molar-refractivity contribution in [1.82, 2.24) is 15.1 Å². The zero-order valence-electron chi connectivity index (χ0n) is 16.5. The Hall–Kier alpha value is -2.19. The number of thiophene rings is 1. The van der Waals surface area contributed by atoms with E-state index in [9.17, 15) is 14.4 Å². The first kappa shape index (κ1) is 21.5. The van der Waals surface area contributed by atoms with Crippen LogP contribution in [0.25, 0.3) is 0 Å². The summed E-state index contributed by atoms with van der Waals surface area (Å²) in [7, 11) is 0. The molecule has 6 nitrogen and oxygen atoms in total. The van der Waals surface area contributed by atoms with Gasteiger partial charge in [-0.25, -0.2) is 4.79 Å².